The second kappa shape index (κ2) is 8.16. The lowest BCUT2D eigenvalue weighted by atomic mass is 9.45. The number of hydrogen-bond donors (Lipinski definition) is 1. The molecule has 10 unspecified atom stereocenters. The molecule has 39 heavy (non-hydrogen) atoms. The molecular weight excluding hydrogens is 508 g/mol. The zero-order chi connectivity index (χ0) is 28.2. The van der Waals surface area contributed by atoms with Crippen LogP contribution in [0, 0.1) is 34.0 Å². The lowest BCUT2D eigenvalue weighted by Crippen LogP contribution is -2.65. The van der Waals surface area contributed by atoms with Crippen LogP contribution < -0.4 is 0 Å². The molecule has 10 nitrogen and oxygen atoms in total. The van der Waals surface area contributed by atoms with Crippen LogP contribution in [0.3, 0.4) is 0 Å². The van der Waals surface area contributed by atoms with E-state index in [1.807, 2.05) is 13.8 Å². The van der Waals surface area contributed by atoms with Crippen molar-refractivity contribution >= 4 is 23.7 Å². The first-order valence-electron chi connectivity index (χ1n) is 13.7. The van der Waals surface area contributed by atoms with Gasteiger partial charge in [-0.05, 0) is 30.7 Å². The van der Waals surface area contributed by atoms with Crippen LogP contribution in [0.4, 0.5) is 0 Å². The Labute approximate surface area is 226 Å². The molecule has 1 spiro atoms. The van der Waals surface area contributed by atoms with Crippen LogP contribution in [0.5, 0.6) is 0 Å². The average Bonchev–Trinajstić information content (AvgIpc) is 3.49. The number of cyclic esters (lactones) is 1. The molecule has 3 saturated carbocycles. The Morgan fingerprint density at radius 1 is 1.15 bits per heavy atom. The molecule has 0 aromatic carbocycles. The second-order valence-corrected chi connectivity index (χ2v) is 13.1. The highest BCUT2D eigenvalue weighted by Crippen LogP contribution is 2.79. The number of furan rings is 1. The monoisotopic (exact) mass is 544 g/mol. The molecule has 0 amide bonds. The Kier molecular flexibility index (Phi) is 5.54. The van der Waals surface area contributed by atoms with Gasteiger partial charge in [-0.3, -0.25) is 19.2 Å². The van der Waals surface area contributed by atoms with Crippen LogP contribution in [0.25, 0.3) is 0 Å². The molecule has 1 aromatic heterocycles. The van der Waals surface area contributed by atoms with Crippen molar-refractivity contribution < 1.29 is 47.6 Å². The molecule has 1 N–H and O–H groups in total. The zero-order valence-electron chi connectivity index (χ0n) is 23.0. The Balaban J connectivity index is 1.55. The normalized spacial score (nSPS) is 48.0. The van der Waals surface area contributed by atoms with Crippen molar-refractivity contribution in [3.05, 3.63) is 24.2 Å². The summed E-state index contributed by atoms with van der Waals surface area (Å²) in [4.78, 5) is 52.3. The van der Waals surface area contributed by atoms with E-state index < -0.39 is 69.6 Å². The van der Waals surface area contributed by atoms with Crippen molar-refractivity contribution in [1.29, 1.82) is 0 Å². The van der Waals surface area contributed by atoms with Crippen LogP contribution in [0.1, 0.15) is 77.9 Å². The molecule has 1 aromatic rings. The molecule has 3 aliphatic heterocycles. The van der Waals surface area contributed by atoms with E-state index in [4.69, 9.17) is 23.4 Å². The molecule has 4 heterocycles. The predicted octanol–water partition coefficient (Wildman–Crippen LogP) is 3.26. The number of ketones is 1. The van der Waals surface area contributed by atoms with E-state index in [2.05, 4.69) is 0 Å². The molecule has 10 atom stereocenters. The lowest BCUT2D eigenvalue weighted by Gasteiger charge is -2.61. The molecule has 0 radical (unpaired) electrons. The van der Waals surface area contributed by atoms with E-state index in [0.717, 1.165) is 5.56 Å². The van der Waals surface area contributed by atoms with E-state index in [-0.39, 0.29) is 37.4 Å². The molecule has 212 valence electrons. The third-order valence-electron chi connectivity index (χ3n) is 11.3. The molecule has 3 saturated heterocycles. The van der Waals surface area contributed by atoms with Gasteiger partial charge in [-0.15, -0.1) is 0 Å². The maximum atomic E-state index is 14.2. The quantitative estimate of drug-likeness (QED) is 0.444. The number of ether oxygens (including phenoxy) is 4. The van der Waals surface area contributed by atoms with E-state index in [1.165, 1.54) is 20.3 Å². The van der Waals surface area contributed by atoms with Crippen LogP contribution in [-0.2, 0) is 38.1 Å². The summed E-state index contributed by atoms with van der Waals surface area (Å²) in [5.74, 6) is -4.99. The number of methoxy groups -OCH3 is 1. The fourth-order valence-corrected chi connectivity index (χ4v) is 9.81. The highest BCUT2D eigenvalue weighted by Gasteiger charge is 2.84. The smallest absolute Gasteiger partial charge is 0.306 e. The summed E-state index contributed by atoms with van der Waals surface area (Å²) >= 11 is 0. The minimum absolute atomic E-state index is 0.000856. The van der Waals surface area contributed by atoms with Gasteiger partial charge in [0, 0.05) is 53.9 Å². The summed E-state index contributed by atoms with van der Waals surface area (Å²) in [5, 5.41) is 12.4. The Hall–Kier alpha value is -2.72. The second-order valence-electron chi connectivity index (χ2n) is 13.1. The first kappa shape index (κ1) is 26.5. The van der Waals surface area contributed by atoms with Gasteiger partial charge in [0.25, 0.3) is 0 Å². The van der Waals surface area contributed by atoms with Crippen LogP contribution in [0.2, 0.25) is 0 Å². The fourth-order valence-electron chi connectivity index (χ4n) is 9.81. The van der Waals surface area contributed by atoms with Gasteiger partial charge in [0.2, 0.25) is 0 Å². The highest BCUT2D eigenvalue weighted by molar-refractivity contribution is 5.88. The van der Waals surface area contributed by atoms with Gasteiger partial charge < -0.3 is 28.5 Å². The van der Waals surface area contributed by atoms with Crippen molar-refractivity contribution in [3.63, 3.8) is 0 Å². The minimum Gasteiger partial charge on any atom is -0.472 e. The zero-order valence-corrected chi connectivity index (χ0v) is 23.0. The SMILES string of the molecule is COC(=O)CC1C2(C)CC3(O)OC4(CC(=O)C2OC(C)=O)C2CC(=O)OC(c5ccoc5)C2(C)CCC4C13C. The highest BCUT2D eigenvalue weighted by atomic mass is 16.7. The van der Waals surface area contributed by atoms with Crippen molar-refractivity contribution in [2.75, 3.05) is 7.11 Å². The maximum absolute atomic E-state index is 14.2. The largest absolute Gasteiger partial charge is 0.472 e. The topological polar surface area (TPSA) is 139 Å². The third-order valence-corrected chi connectivity index (χ3v) is 11.3. The van der Waals surface area contributed by atoms with Crippen LogP contribution in [-0.4, -0.2) is 53.4 Å². The number of aliphatic hydroxyl groups is 1. The maximum Gasteiger partial charge on any atom is 0.306 e. The Morgan fingerprint density at radius 3 is 2.54 bits per heavy atom. The summed E-state index contributed by atoms with van der Waals surface area (Å²) in [6, 6.07) is 1.77. The number of hydrogen-bond acceptors (Lipinski definition) is 10. The fraction of sp³-hybridized carbons (Fsp3) is 0.724. The standard InChI is InChI=1S/C29H36O10/c1-15(30)37-24-17(31)12-28-18(27(4)19(10-21(32)35-5)26(24,3)14-29(27,34)39-28)6-8-25(2)20(28)11-22(33)38-23(25)16-7-9-36-13-16/h7,9,13,18-20,23-24,34H,6,8,10-12,14H2,1-5H3. The minimum atomic E-state index is -1.72. The van der Waals surface area contributed by atoms with E-state index in [9.17, 15) is 24.3 Å². The van der Waals surface area contributed by atoms with Gasteiger partial charge in [0.05, 0.1) is 31.7 Å². The Bertz CT molecular complexity index is 1240. The lowest BCUT2D eigenvalue weighted by molar-refractivity contribution is -0.289. The number of rotatable bonds is 4. The van der Waals surface area contributed by atoms with E-state index in [0.29, 0.717) is 12.8 Å². The Morgan fingerprint density at radius 2 is 1.90 bits per heavy atom. The number of fused-ring (bicyclic) bond motifs is 3. The number of carbonyl (C=O) groups is 4. The van der Waals surface area contributed by atoms with Crippen LogP contribution in [0.15, 0.2) is 23.0 Å². The molecular formula is C29H36O10. The van der Waals surface area contributed by atoms with Crippen molar-refractivity contribution in [1.82, 2.24) is 0 Å². The summed E-state index contributed by atoms with van der Waals surface area (Å²) in [6.07, 6.45) is 2.32. The third kappa shape index (κ3) is 3.21. The molecule has 10 heteroatoms. The predicted molar refractivity (Wildman–Crippen MR) is 131 cm³/mol. The van der Waals surface area contributed by atoms with Crippen molar-refractivity contribution in [2.24, 2.45) is 34.0 Å². The van der Waals surface area contributed by atoms with Crippen molar-refractivity contribution in [2.45, 2.75) is 89.8 Å². The van der Waals surface area contributed by atoms with Gasteiger partial charge in [-0.25, -0.2) is 0 Å². The van der Waals surface area contributed by atoms with Gasteiger partial charge in [-0.1, -0.05) is 20.8 Å². The van der Waals surface area contributed by atoms with Crippen LogP contribution >= 0.6 is 0 Å². The molecule has 4 bridgehead atoms. The molecule has 7 rings (SSSR count). The van der Waals surface area contributed by atoms with E-state index in [1.54, 1.807) is 19.3 Å². The summed E-state index contributed by atoms with van der Waals surface area (Å²) in [5.41, 5.74) is -3.19. The molecule has 3 aliphatic carbocycles. The van der Waals surface area contributed by atoms with Gasteiger partial charge >= 0.3 is 17.9 Å². The van der Waals surface area contributed by atoms with Gasteiger partial charge in [-0.2, -0.15) is 0 Å². The first-order valence-corrected chi connectivity index (χ1v) is 13.7. The molecule has 6 aliphatic rings. The summed E-state index contributed by atoms with van der Waals surface area (Å²) in [6.45, 7) is 7.01. The summed E-state index contributed by atoms with van der Waals surface area (Å²) in [7, 11) is 1.30. The van der Waals surface area contributed by atoms with Crippen molar-refractivity contribution in [3.8, 4) is 0 Å². The number of carbonyl (C=O) groups excluding carboxylic acids is 4. The average molecular weight is 545 g/mol. The van der Waals surface area contributed by atoms with Gasteiger partial charge in [0.15, 0.2) is 17.7 Å². The summed E-state index contributed by atoms with van der Waals surface area (Å²) < 4.78 is 28.8. The van der Waals surface area contributed by atoms with Gasteiger partial charge in [0.1, 0.15) is 6.10 Å². The number of Topliss-reactive ketones (excluding diaryl/α,β-unsaturated/α-hetero) is 1. The van der Waals surface area contributed by atoms with E-state index >= 15 is 0 Å². The number of esters is 3. The molecule has 6 fully saturated rings. The first-order chi connectivity index (χ1) is 18.2.